The molecule has 4 rings (SSSR count). The van der Waals surface area contributed by atoms with Crippen LogP contribution in [0.3, 0.4) is 0 Å². The lowest BCUT2D eigenvalue weighted by atomic mass is 10.3. The molecule has 1 N–H and O–H groups in total. The highest BCUT2D eigenvalue weighted by atomic mass is 32.1. The van der Waals surface area contributed by atoms with Gasteiger partial charge in [0, 0.05) is 30.5 Å². The molecule has 1 aliphatic heterocycles. The van der Waals surface area contributed by atoms with Crippen LogP contribution in [0.5, 0.6) is 0 Å². The molecule has 1 saturated carbocycles. The van der Waals surface area contributed by atoms with Gasteiger partial charge in [-0.2, -0.15) is 5.10 Å². The summed E-state index contributed by atoms with van der Waals surface area (Å²) in [6, 6.07) is 0. The molecule has 0 spiro atoms. The average Bonchev–Trinajstić information content (AvgIpc) is 2.94. The molecule has 1 saturated heterocycles. The number of anilines is 2. The van der Waals surface area contributed by atoms with Gasteiger partial charge in [-0.15, -0.1) is 11.3 Å². The summed E-state index contributed by atoms with van der Waals surface area (Å²) in [6.45, 7) is 3.53. The van der Waals surface area contributed by atoms with E-state index in [-0.39, 0.29) is 18.2 Å². The lowest BCUT2D eigenvalue weighted by Gasteiger charge is -2.10. The van der Waals surface area contributed by atoms with Gasteiger partial charge in [-0.25, -0.2) is 9.67 Å². The summed E-state index contributed by atoms with van der Waals surface area (Å²) < 4.78 is 1.89. The minimum absolute atomic E-state index is 0.106. The molecule has 3 heterocycles. The van der Waals surface area contributed by atoms with Gasteiger partial charge in [0.25, 0.3) is 0 Å². The first-order valence-electron chi connectivity index (χ1n) is 8.67. The molecule has 0 aromatic carbocycles. The van der Waals surface area contributed by atoms with Crippen molar-refractivity contribution in [3.05, 3.63) is 22.8 Å². The number of aryl methyl sites for hydroxylation is 1. The zero-order valence-corrected chi connectivity index (χ0v) is 15.0. The number of nitrogens with one attached hydrogen (secondary N) is 1. The van der Waals surface area contributed by atoms with Crippen LogP contribution in [0, 0.1) is 12.8 Å². The monoisotopic (exact) mass is 359 g/mol. The van der Waals surface area contributed by atoms with E-state index in [4.69, 9.17) is 0 Å². The number of carbonyl (C=O) groups is 2. The molecule has 1 aliphatic carbocycles. The zero-order valence-electron chi connectivity index (χ0n) is 14.2. The van der Waals surface area contributed by atoms with E-state index in [1.54, 1.807) is 11.1 Å². The van der Waals surface area contributed by atoms with Gasteiger partial charge in [-0.3, -0.25) is 14.5 Å². The third-order valence-corrected chi connectivity index (χ3v) is 5.51. The van der Waals surface area contributed by atoms with Crippen molar-refractivity contribution in [1.82, 2.24) is 14.8 Å². The van der Waals surface area contributed by atoms with Crippen molar-refractivity contribution in [3.63, 3.8) is 0 Å². The van der Waals surface area contributed by atoms with Gasteiger partial charge in [0.2, 0.25) is 11.8 Å². The summed E-state index contributed by atoms with van der Waals surface area (Å²) in [4.78, 5) is 30.4. The van der Waals surface area contributed by atoms with Gasteiger partial charge in [0.15, 0.2) is 5.13 Å². The Morgan fingerprint density at radius 1 is 1.44 bits per heavy atom. The molecule has 2 aliphatic rings. The third-order valence-electron chi connectivity index (χ3n) is 4.59. The molecule has 0 unspecified atom stereocenters. The number of nitrogens with zero attached hydrogens (tertiary/aromatic N) is 4. The molecule has 132 valence electrons. The van der Waals surface area contributed by atoms with Crippen molar-refractivity contribution >= 4 is 34.1 Å². The Kier molecular flexibility index (Phi) is 4.29. The highest BCUT2D eigenvalue weighted by Crippen LogP contribution is 2.32. The summed E-state index contributed by atoms with van der Waals surface area (Å²) >= 11 is 1.42. The molecule has 25 heavy (non-hydrogen) atoms. The molecule has 2 aromatic heterocycles. The summed E-state index contributed by atoms with van der Waals surface area (Å²) in [5.41, 5.74) is 1.67. The number of rotatable bonds is 6. The van der Waals surface area contributed by atoms with Crippen LogP contribution in [-0.2, 0) is 22.6 Å². The molecule has 0 radical (unpaired) electrons. The van der Waals surface area contributed by atoms with E-state index in [9.17, 15) is 9.59 Å². The zero-order chi connectivity index (χ0) is 17.4. The van der Waals surface area contributed by atoms with Crippen molar-refractivity contribution in [2.75, 3.05) is 16.8 Å². The second-order valence-electron chi connectivity index (χ2n) is 6.80. The van der Waals surface area contributed by atoms with Crippen LogP contribution in [0.4, 0.5) is 10.9 Å². The normalized spacial score (nSPS) is 17.3. The Hall–Kier alpha value is -2.22. The second-order valence-corrected chi connectivity index (χ2v) is 7.63. The first-order valence-corrected chi connectivity index (χ1v) is 9.55. The number of thiazole rings is 1. The molecule has 2 fully saturated rings. The molecule has 2 amide bonds. The highest BCUT2D eigenvalue weighted by Gasteiger charge is 2.25. The largest absolute Gasteiger partial charge is 0.310 e. The molecular formula is C17H21N5O2S. The van der Waals surface area contributed by atoms with Crippen molar-refractivity contribution in [2.24, 2.45) is 5.92 Å². The molecule has 0 bridgehead atoms. The van der Waals surface area contributed by atoms with Gasteiger partial charge in [0.1, 0.15) is 5.82 Å². The maximum Gasteiger partial charge on any atom is 0.231 e. The maximum atomic E-state index is 12.4. The summed E-state index contributed by atoms with van der Waals surface area (Å²) in [7, 11) is 0. The quantitative estimate of drug-likeness (QED) is 0.859. The van der Waals surface area contributed by atoms with Crippen LogP contribution >= 0.6 is 11.3 Å². The van der Waals surface area contributed by atoms with Gasteiger partial charge < -0.3 is 5.32 Å². The first kappa shape index (κ1) is 16.3. The molecular weight excluding hydrogens is 338 g/mol. The van der Waals surface area contributed by atoms with Crippen LogP contribution in [-0.4, -0.2) is 33.1 Å². The molecule has 2 aromatic rings. The summed E-state index contributed by atoms with van der Waals surface area (Å²) in [5.74, 6) is 1.48. The first-order chi connectivity index (χ1) is 12.1. The van der Waals surface area contributed by atoms with Crippen molar-refractivity contribution in [1.29, 1.82) is 0 Å². The van der Waals surface area contributed by atoms with Crippen LogP contribution in [0.2, 0.25) is 0 Å². The topological polar surface area (TPSA) is 80.1 Å². The second kappa shape index (κ2) is 6.59. The van der Waals surface area contributed by atoms with E-state index < -0.39 is 0 Å². The predicted molar refractivity (Wildman–Crippen MR) is 95.7 cm³/mol. The SMILES string of the molecule is Cc1cnn(CC2CC2)c1NC(=O)Cc1csc(N2CCCC2=O)n1. The fourth-order valence-corrected chi connectivity index (χ4v) is 3.89. The van der Waals surface area contributed by atoms with E-state index in [1.807, 2.05) is 17.0 Å². The smallest absolute Gasteiger partial charge is 0.231 e. The summed E-state index contributed by atoms with van der Waals surface area (Å²) in [5, 5.41) is 9.89. The molecule has 7 nitrogen and oxygen atoms in total. The Bertz CT molecular complexity index is 808. The third kappa shape index (κ3) is 3.58. The Morgan fingerprint density at radius 2 is 2.28 bits per heavy atom. The number of amides is 2. The molecule has 0 atom stereocenters. The Labute approximate surface area is 150 Å². The predicted octanol–water partition coefficient (Wildman–Crippen LogP) is 2.37. The molecule has 8 heteroatoms. The van der Waals surface area contributed by atoms with Gasteiger partial charge in [-0.1, -0.05) is 0 Å². The average molecular weight is 359 g/mol. The maximum absolute atomic E-state index is 12.4. The summed E-state index contributed by atoms with van der Waals surface area (Å²) in [6.07, 6.45) is 5.93. The van der Waals surface area contributed by atoms with E-state index in [1.165, 1.54) is 24.2 Å². The lowest BCUT2D eigenvalue weighted by Crippen LogP contribution is -2.23. The van der Waals surface area contributed by atoms with Gasteiger partial charge >= 0.3 is 0 Å². The van der Waals surface area contributed by atoms with Crippen LogP contribution in [0.25, 0.3) is 0 Å². The minimum Gasteiger partial charge on any atom is -0.310 e. The Balaban J connectivity index is 1.40. The lowest BCUT2D eigenvalue weighted by molar-refractivity contribution is -0.117. The van der Waals surface area contributed by atoms with E-state index >= 15 is 0 Å². The minimum atomic E-state index is -0.106. The Morgan fingerprint density at radius 3 is 3.00 bits per heavy atom. The number of hydrogen-bond acceptors (Lipinski definition) is 5. The fraction of sp³-hybridized carbons (Fsp3) is 0.529. The van der Waals surface area contributed by atoms with E-state index in [2.05, 4.69) is 15.4 Å². The number of aromatic nitrogens is 3. The van der Waals surface area contributed by atoms with Crippen molar-refractivity contribution in [2.45, 2.75) is 45.6 Å². The fourth-order valence-electron chi connectivity index (χ4n) is 3.02. The van der Waals surface area contributed by atoms with Gasteiger partial charge in [0.05, 0.1) is 18.3 Å². The van der Waals surface area contributed by atoms with Crippen LogP contribution < -0.4 is 10.2 Å². The van der Waals surface area contributed by atoms with Crippen molar-refractivity contribution < 1.29 is 9.59 Å². The standard InChI is InChI=1S/C17H21N5O2S/c1-11-8-18-22(9-12-4-5-12)16(11)20-14(23)7-13-10-25-17(19-13)21-6-2-3-15(21)24/h8,10,12H,2-7,9H2,1H3,(H,20,23). The van der Waals surface area contributed by atoms with Gasteiger partial charge in [-0.05, 0) is 32.1 Å². The van der Waals surface area contributed by atoms with Crippen molar-refractivity contribution in [3.8, 4) is 0 Å². The van der Waals surface area contributed by atoms with Crippen LogP contribution in [0.1, 0.15) is 36.9 Å². The number of hydrogen-bond donors (Lipinski definition) is 1. The highest BCUT2D eigenvalue weighted by molar-refractivity contribution is 7.14. The van der Waals surface area contributed by atoms with E-state index in [0.29, 0.717) is 23.2 Å². The van der Waals surface area contributed by atoms with Crippen LogP contribution in [0.15, 0.2) is 11.6 Å². The number of carbonyl (C=O) groups excluding carboxylic acids is 2. The van der Waals surface area contributed by atoms with E-state index in [0.717, 1.165) is 30.9 Å².